The van der Waals surface area contributed by atoms with Crippen LogP contribution >= 0.6 is 0 Å². The molecule has 2 aliphatic heterocycles. The van der Waals surface area contributed by atoms with Crippen LogP contribution in [0, 0.1) is 5.92 Å². The van der Waals surface area contributed by atoms with Crippen LogP contribution in [-0.4, -0.2) is 41.8 Å². The summed E-state index contributed by atoms with van der Waals surface area (Å²) < 4.78 is 16.0. The number of carbonyl (C=O) groups excluding carboxylic acids is 1. The van der Waals surface area contributed by atoms with Crippen molar-refractivity contribution >= 4 is 5.97 Å². The molecule has 15 heavy (non-hydrogen) atoms. The van der Waals surface area contributed by atoms with Crippen molar-refractivity contribution < 1.29 is 24.1 Å². The zero-order valence-corrected chi connectivity index (χ0v) is 9.10. The van der Waals surface area contributed by atoms with Gasteiger partial charge in [0.1, 0.15) is 6.10 Å². The Balaban J connectivity index is 2.15. The van der Waals surface area contributed by atoms with Gasteiger partial charge in [0.05, 0.1) is 18.6 Å². The molecule has 0 aliphatic carbocycles. The number of ether oxygens (including phenoxy) is 3. The van der Waals surface area contributed by atoms with Gasteiger partial charge in [-0.15, -0.1) is 0 Å². The first-order valence-corrected chi connectivity index (χ1v) is 5.11. The Kier molecular flexibility index (Phi) is 2.48. The number of fused-ring (bicyclic) bond motifs is 1. The molecule has 0 bridgehead atoms. The van der Waals surface area contributed by atoms with Gasteiger partial charge in [-0.25, -0.2) is 0 Å². The number of hydrogen-bond acceptors (Lipinski definition) is 5. The molecule has 0 aromatic heterocycles. The van der Waals surface area contributed by atoms with Gasteiger partial charge in [-0.3, -0.25) is 4.79 Å². The molecule has 2 heterocycles. The van der Waals surface area contributed by atoms with Gasteiger partial charge in [0.25, 0.3) is 0 Å². The van der Waals surface area contributed by atoms with E-state index >= 15 is 0 Å². The summed E-state index contributed by atoms with van der Waals surface area (Å²) in [5.41, 5.74) is 0. The highest BCUT2D eigenvalue weighted by Gasteiger charge is 2.49. The second-order valence-corrected chi connectivity index (χ2v) is 4.55. The van der Waals surface area contributed by atoms with Crippen molar-refractivity contribution in [1.82, 2.24) is 0 Å². The summed E-state index contributed by atoms with van der Waals surface area (Å²) in [6.45, 7) is 5.45. The summed E-state index contributed by atoms with van der Waals surface area (Å²) in [6.07, 6.45) is -1.79. The van der Waals surface area contributed by atoms with Gasteiger partial charge in [-0.05, 0) is 20.8 Å². The lowest BCUT2D eigenvalue weighted by Crippen LogP contribution is -2.60. The molecular formula is C10H16O5. The molecule has 0 aromatic rings. The van der Waals surface area contributed by atoms with E-state index in [1.807, 2.05) is 0 Å². The van der Waals surface area contributed by atoms with Crippen molar-refractivity contribution in [2.45, 2.75) is 44.9 Å². The molecule has 0 radical (unpaired) electrons. The summed E-state index contributed by atoms with van der Waals surface area (Å²) in [4.78, 5) is 11.3. The van der Waals surface area contributed by atoms with Crippen molar-refractivity contribution in [2.24, 2.45) is 5.92 Å². The smallest absolute Gasteiger partial charge is 0.311 e. The first-order valence-electron chi connectivity index (χ1n) is 5.11. The van der Waals surface area contributed by atoms with Crippen LogP contribution in [0.5, 0.6) is 0 Å². The van der Waals surface area contributed by atoms with E-state index in [0.717, 1.165) is 0 Å². The second-order valence-electron chi connectivity index (χ2n) is 4.55. The summed E-state index contributed by atoms with van der Waals surface area (Å²) in [6, 6.07) is 0. The quantitative estimate of drug-likeness (QED) is 0.580. The topological polar surface area (TPSA) is 65.0 Å². The average molecular weight is 216 g/mol. The van der Waals surface area contributed by atoms with Gasteiger partial charge in [-0.1, -0.05) is 0 Å². The molecule has 2 aliphatic rings. The van der Waals surface area contributed by atoms with E-state index in [9.17, 15) is 9.90 Å². The van der Waals surface area contributed by atoms with Crippen molar-refractivity contribution in [1.29, 1.82) is 0 Å². The number of aliphatic hydroxyl groups is 1. The molecule has 86 valence electrons. The van der Waals surface area contributed by atoms with E-state index in [1.165, 1.54) is 0 Å². The molecule has 2 fully saturated rings. The predicted molar refractivity (Wildman–Crippen MR) is 50.0 cm³/mol. The summed E-state index contributed by atoms with van der Waals surface area (Å²) in [5.74, 6) is -1.66. The van der Waals surface area contributed by atoms with Crippen molar-refractivity contribution in [3.05, 3.63) is 0 Å². The fraction of sp³-hybridized carbons (Fsp3) is 0.900. The first kappa shape index (κ1) is 10.9. The molecule has 2 saturated heterocycles. The Morgan fingerprint density at radius 1 is 1.47 bits per heavy atom. The van der Waals surface area contributed by atoms with Gasteiger partial charge in [0, 0.05) is 0 Å². The van der Waals surface area contributed by atoms with Crippen LogP contribution in [0.15, 0.2) is 0 Å². The minimum absolute atomic E-state index is 0.271. The lowest BCUT2D eigenvalue weighted by atomic mass is 9.92. The van der Waals surface area contributed by atoms with Crippen LogP contribution in [-0.2, 0) is 19.0 Å². The number of aliphatic hydroxyl groups excluding tert-OH is 1. The van der Waals surface area contributed by atoms with Gasteiger partial charge in [0.2, 0.25) is 0 Å². The highest BCUT2D eigenvalue weighted by Crippen LogP contribution is 2.32. The van der Waals surface area contributed by atoms with Gasteiger partial charge in [-0.2, -0.15) is 0 Å². The maximum Gasteiger partial charge on any atom is 0.311 e. The van der Waals surface area contributed by atoms with Crippen LogP contribution in [0.4, 0.5) is 0 Å². The Hall–Kier alpha value is -0.650. The lowest BCUT2D eigenvalue weighted by Gasteiger charge is -2.46. The third-order valence-corrected chi connectivity index (χ3v) is 2.87. The van der Waals surface area contributed by atoms with Crippen molar-refractivity contribution in [3.63, 3.8) is 0 Å². The first-order chi connectivity index (χ1) is 6.91. The van der Waals surface area contributed by atoms with E-state index in [0.29, 0.717) is 0 Å². The van der Waals surface area contributed by atoms with Crippen LogP contribution in [0.1, 0.15) is 20.8 Å². The predicted octanol–water partition coefficient (Wildman–Crippen LogP) is 0.0603. The maximum atomic E-state index is 11.3. The maximum absolute atomic E-state index is 11.3. The molecule has 4 atom stereocenters. The molecule has 0 saturated carbocycles. The number of rotatable bonds is 0. The minimum Gasteiger partial charge on any atom is -0.457 e. The minimum atomic E-state index is -0.820. The summed E-state index contributed by atoms with van der Waals surface area (Å²) in [7, 11) is 0. The SMILES string of the molecule is C[C@H]1C(=O)O[C@@H]2COC(C)(C)O[C@H]2[C@@H]1O. The monoisotopic (exact) mass is 216 g/mol. The highest BCUT2D eigenvalue weighted by atomic mass is 16.7. The van der Waals surface area contributed by atoms with Crippen LogP contribution in [0.3, 0.4) is 0 Å². The third-order valence-electron chi connectivity index (χ3n) is 2.87. The Bertz CT molecular complexity index is 273. The van der Waals surface area contributed by atoms with E-state index in [4.69, 9.17) is 14.2 Å². The molecule has 0 unspecified atom stereocenters. The van der Waals surface area contributed by atoms with Gasteiger partial charge in [0.15, 0.2) is 11.9 Å². The van der Waals surface area contributed by atoms with Crippen LogP contribution < -0.4 is 0 Å². The second kappa shape index (κ2) is 3.43. The molecule has 0 aromatic carbocycles. The van der Waals surface area contributed by atoms with E-state index < -0.39 is 36.0 Å². The number of carbonyl (C=O) groups is 1. The molecule has 5 nitrogen and oxygen atoms in total. The molecule has 0 amide bonds. The Labute approximate surface area is 88.3 Å². The van der Waals surface area contributed by atoms with Gasteiger partial charge < -0.3 is 19.3 Å². The van der Waals surface area contributed by atoms with E-state index in [2.05, 4.69) is 0 Å². The fourth-order valence-corrected chi connectivity index (χ4v) is 1.89. The van der Waals surface area contributed by atoms with Crippen LogP contribution in [0.25, 0.3) is 0 Å². The molecule has 0 spiro atoms. The van der Waals surface area contributed by atoms with E-state index in [1.54, 1.807) is 20.8 Å². The third kappa shape index (κ3) is 1.87. The summed E-state index contributed by atoms with van der Waals surface area (Å²) in [5, 5.41) is 9.89. The molecule has 2 rings (SSSR count). The van der Waals surface area contributed by atoms with Crippen molar-refractivity contribution in [3.8, 4) is 0 Å². The lowest BCUT2D eigenvalue weighted by molar-refractivity contribution is -0.332. The van der Waals surface area contributed by atoms with Gasteiger partial charge >= 0.3 is 5.97 Å². The molecule has 1 N–H and O–H groups in total. The fourth-order valence-electron chi connectivity index (χ4n) is 1.89. The highest BCUT2D eigenvalue weighted by molar-refractivity contribution is 5.74. The normalized spacial score (nSPS) is 44.4. The molecule has 5 heteroatoms. The molecular weight excluding hydrogens is 200 g/mol. The Morgan fingerprint density at radius 3 is 2.80 bits per heavy atom. The standard InChI is InChI=1S/C10H16O5/c1-5-7(11)8-6(14-9(5)12)4-13-10(2,3)15-8/h5-8,11H,4H2,1-3H3/t5-,6-,7-,8-/m1/s1. The zero-order chi connectivity index (χ0) is 11.2. The average Bonchev–Trinajstić information content (AvgIpc) is 2.16. The van der Waals surface area contributed by atoms with Crippen molar-refractivity contribution in [2.75, 3.05) is 6.61 Å². The zero-order valence-electron chi connectivity index (χ0n) is 9.10. The largest absolute Gasteiger partial charge is 0.457 e. The number of hydrogen-bond donors (Lipinski definition) is 1. The van der Waals surface area contributed by atoms with Crippen LogP contribution in [0.2, 0.25) is 0 Å². The van der Waals surface area contributed by atoms with E-state index in [-0.39, 0.29) is 6.61 Å². The number of esters is 1. The summed E-state index contributed by atoms with van der Waals surface area (Å²) >= 11 is 0. The Morgan fingerprint density at radius 2 is 2.13 bits per heavy atom.